The van der Waals surface area contributed by atoms with Crippen molar-refractivity contribution in [1.82, 2.24) is 4.57 Å². The number of amides is 1. The lowest BCUT2D eigenvalue weighted by molar-refractivity contribution is -0.384. The number of carbonyl (C=O) groups excluding carboxylic acids is 1. The summed E-state index contributed by atoms with van der Waals surface area (Å²) < 4.78 is 13.1. The van der Waals surface area contributed by atoms with Crippen molar-refractivity contribution in [2.45, 2.75) is 13.0 Å². The summed E-state index contributed by atoms with van der Waals surface area (Å²) in [4.78, 5) is 43.7. The number of allylic oxidation sites excluding steroid dienone is 1. The molecule has 0 bridgehead atoms. The van der Waals surface area contributed by atoms with Gasteiger partial charge in [-0.05, 0) is 55.0 Å². The van der Waals surface area contributed by atoms with Crippen molar-refractivity contribution in [3.05, 3.63) is 143 Å². The Bertz CT molecular complexity index is 2070. The molecule has 1 aliphatic rings. The van der Waals surface area contributed by atoms with Crippen LogP contribution in [0.4, 0.5) is 11.4 Å². The van der Waals surface area contributed by atoms with E-state index in [-0.39, 0.29) is 17.2 Å². The molecule has 5 aromatic rings. The minimum atomic E-state index is -0.757. The Morgan fingerprint density at radius 2 is 1.77 bits per heavy atom. The molecule has 1 aliphatic heterocycles. The Labute approximate surface area is 248 Å². The van der Waals surface area contributed by atoms with Gasteiger partial charge in [-0.3, -0.25) is 24.3 Å². The van der Waals surface area contributed by atoms with Crippen LogP contribution >= 0.6 is 11.3 Å². The summed E-state index contributed by atoms with van der Waals surface area (Å²) in [6, 6.07) is 25.1. The first-order valence-electron chi connectivity index (χ1n) is 13.2. The van der Waals surface area contributed by atoms with E-state index in [9.17, 15) is 19.7 Å². The van der Waals surface area contributed by atoms with E-state index in [1.807, 2.05) is 30.3 Å². The van der Waals surface area contributed by atoms with Crippen LogP contribution in [0.15, 0.2) is 116 Å². The summed E-state index contributed by atoms with van der Waals surface area (Å²) in [5, 5.41) is 14.4. The van der Waals surface area contributed by atoms with Gasteiger partial charge in [0.2, 0.25) is 0 Å². The monoisotopic (exact) mass is 592 g/mol. The Kier molecular flexibility index (Phi) is 7.31. The molecule has 0 fully saturated rings. The molecule has 214 valence electrons. The van der Waals surface area contributed by atoms with E-state index in [0.29, 0.717) is 54.7 Å². The van der Waals surface area contributed by atoms with E-state index >= 15 is 0 Å². The van der Waals surface area contributed by atoms with Gasteiger partial charge in [-0.1, -0.05) is 53.8 Å². The summed E-state index contributed by atoms with van der Waals surface area (Å²) in [6.45, 7) is 1.75. The van der Waals surface area contributed by atoms with E-state index in [1.165, 1.54) is 22.0 Å². The fourth-order valence-corrected chi connectivity index (χ4v) is 6.01. The number of thiazole rings is 1. The van der Waals surface area contributed by atoms with Gasteiger partial charge < -0.3 is 14.5 Å². The summed E-state index contributed by atoms with van der Waals surface area (Å²) in [6.07, 6.45) is 1.58. The van der Waals surface area contributed by atoms with E-state index in [4.69, 9.17) is 9.15 Å². The first-order valence-corrected chi connectivity index (χ1v) is 14.0. The number of rotatable bonds is 7. The van der Waals surface area contributed by atoms with Gasteiger partial charge in [0.1, 0.15) is 17.3 Å². The number of nitrogens with one attached hydrogen (secondary N) is 1. The number of aromatic nitrogens is 1. The molecule has 11 heteroatoms. The Morgan fingerprint density at radius 1 is 1.05 bits per heavy atom. The van der Waals surface area contributed by atoms with Crippen LogP contribution < -0.4 is 24.9 Å². The van der Waals surface area contributed by atoms with Crippen molar-refractivity contribution in [2.75, 3.05) is 12.4 Å². The molecular weight excluding hydrogens is 568 g/mol. The molecule has 1 atom stereocenters. The highest BCUT2D eigenvalue weighted by atomic mass is 32.1. The van der Waals surface area contributed by atoms with Crippen molar-refractivity contribution >= 4 is 34.7 Å². The molecule has 0 radical (unpaired) electrons. The summed E-state index contributed by atoms with van der Waals surface area (Å²) >= 11 is 1.17. The summed E-state index contributed by atoms with van der Waals surface area (Å²) in [7, 11) is 1.57. The zero-order chi connectivity index (χ0) is 30.1. The average molecular weight is 593 g/mol. The van der Waals surface area contributed by atoms with Gasteiger partial charge in [-0.25, -0.2) is 4.99 Å². The molecule has 3 heterocycles. The van der Waals surface area contributed by atoms with Crippen molar-refractivity contribution in [3.8, 4) is 17.1 Å². The van der Waals surface area contributed by atoms with Crippen LogP contribution in [0.25, 0.3) is 17.4 Å². The third-order valence-electron chi connectivity index (χ3n) is 7.00. The molecule has 3 aromatic carbocycles. The molecule has 1 N–H and O–H groups in total. The Balaban J connectivity index is 1.45. The smallest absolute Gasteiger partial charge is 0.280 e. The van der Waals surface area contributed by atoms with Gasteiger partial charge in [0, 0.05) is 17.8 Å². The van der Waals surface area contributed by atoms with Gasteiger partial charge in [-0.15, -0.1) is 0 Å². The van der Waals surface area contributed by atoms with Crippen molar-refractivity contribution in [2.24, 2.45) is 4.99 Å². The highest BCUT2D eigenvalue weighted by Crippen LogP contribution is 2.33. The third-order valence-corrected chi connectivity index (χ3v) is 7.98. The molecule has 0 saturated heterocycles. The average Bonchev–Trinajstić information content (AvgIpc) is 3.61. The highest BCUT2D eigenvalue weighted by molar-refractivity contribution is 7.07. The predicted octanol–water partition coefficient (Wildman–Crippen LogP) is 5.05. The SMILES string of the molecule is COc1ccc([C@H]2C(C(=O)Nc3ccccc3)=C(C)N=c3s/c(=C/c4ccc(-c5ccccc5[N+](=O)[O-])o4)c(=O)n32)cc1. The van der Waals surface area contributed by atoms with E-state index in [2.05, 4.69) is 10.3 Å². The van der Waals surface area contributed by atoms with Gasteiger partial charge in [0.15, 0.2) is 4.80 Å². The number of hydrogen-bond acceptors (Lipinski definition) is 8. The molecule has 1 amide bonds. The van der Waals surface area contributed by atoms with Crippen LogP contribution in [0, 0.1) is 10.1 Å². The first kappa shape index (κ1) is 27.6. The molecular formula is C32H24N4O6S. The lowest BCUT2D eigenvalue weighted by Gasteiger charge is -2.25. The third kappa shape index (κ3) is 5.29. The van der Waals surface area contributed by atoms with E-state index in [0.717, 1.165) is 0 Å². The largest absolute Gasteiger partial charge is 0.497 e. The van der Waals surface area contributed by atoms with Crippen LogP contribution in [0.1, 0.15) is 24.3 Å². The Hall–Kier alpha value is -5.55. The fraction of sp³-hybridized carbons (Fsp3) is 0.0938. The number of fused-ring (bicyclic) bond motifs is 1. The molecule has 6 rings (SSSR count). The normalized spacial score (nSPS) is 14.7. The topological polar surface area (TPSA) is 129 Å². The molecule has 10 nitrogen and oxygen atoms in total. The van der Waals surface area contributed by atoms with Crippen molar-refractivity contribution < 1.29 is 18.9 Å². The minimum Gasteiger partial charge on any atom is -0.497 e. The van der Waals surface area contributed by atoms with Crippen LogP contribution in [0.5, 0.6) is 5.75 Å². The quantitative estimate of drug-likeness (QED) is 0.208. The van der Waals surface area contributed by atoms with Gasteiger partial charge in [-0.2, -0.15) is 0 Å². The number of nitro groups is 1. The van der Waals surface area contributed by atoms with Crippen LogP contribution in [-0.2, 0) is 4.79 Å². The number of furan rings is 1. The maximum Gasteiger partial charge on any atom is 0.280 e. The minimum absolute atomic E-state index is 0.0842. The number of anilines is 1. The van der Waals surface area contributed by atoms with Crippen molar-refractivity contribution in [3.63, 3.8) is 0 Å². The number of hydrogen-bond donors (Lipinski definition) is 1. The number of benzene rings is 3. The van der Waals surface area contributed by atoms with E-state index < -0.39 is 11.0 Å². The molecule has 0 aliphatic carbocycles. The van der Waals surface area contributed by atoms with Crippen LogP contribution in [0.3, 0.4) is 0 Å². The molecule has 0 spiro atoms. The zero-order valence-corrected chi connectivity index (χ0v) is 23.8. The Morgan fingerprint density at radius 3 is 2.49 bits per heavy atom. The number of methoxy groups -OCH3 is 1. The molecule has 0 saturated carbocycles. The zero-order valence-electron chi connectivity index (χ0n) is 23.0. The number of para-hydroxylation sites is 2. The van der Waals surface area contributed by atoms with Gasteiger partial charge in [0.05, 0.1) is 39.4 Å². The number of carbonyl (C=O) groups is 1. The van der Waals surface area contributed by atoms with Gasteiger partial charge >= 0.3 is 0 Å². The standard InChI is InChI=1S/C32H24N4O6S/c1-19-28(30(37)34-21-8-4-3-5-9-21)29(20-12-14-22(41-2)15-13-20)35-31(38)27(43-32(35)33-19)18-23-16-17-26(42-23)24-10-6-7-11-25(24)36(39)40/h3-18,29H,1-2H3,(H,34,37)/b27-18+/t29-/m0/s1. The fourth-order valence-electron chi connectivity index (χ4n) is 4.98. The lowest BCUT2D eigenvalue weighted by Crippen LogP contribution is -2.40. The number of nitro benzene ring substituents is 1. The van der Waals surface area contributed by atoms with E-state index in [1.54, 1.807) is 74.7 Å². The second kappa shape index (κ2) is 11.4. The second-order valence-electron chi connectivity index (χ2n) is 9.65. The summed E-state index contributed by atoms with van der Waals surface area (Å²) in [5.41, 5.74) is 2.04. The highest BCUT2D eigenvalue weighted by Gasteiger charge is 2.32. The molecule has 2 aromatic heterocycles. The first-order chi connectivity index (χ1) is 20.8. The summed E-state index contributed by atoms with van der Waals surface area (Å²) in [5.74, 6) is 0.914. The number of ether oxygens (including phenoxy) is 1. The van der Waals surface area contributed by atoms with Crippen LogP contribution in [-0.4, -0.2) is 22.5 Å². The van der Waals surface area contributed by atoms with Crippen LogP contribution in [0.2, 0.25) is 0 Å². The van der Waals surface area contributed by atoms with Crippen molar-refractivity contribution in [1.29, 1.82) is 0 Å². The maximum atomic E-state index is 14.0. The molecule has 0 unspecified atom stereocenters. The molecule has 43 heavy (non-hydrogen) atoms. The number of nitrogens with zero attached hydrogens (tertiary/aromatic N) is 3. The van der Waals surface area contributed by atoms with Gasteiger partial charge in [0.25, 0.3) is 17.2 Å². The second-order valence-corrected chi connectivity index (χ2v) is 10.7. The maximum absolute atomic E-state index is 14.0. The lowest BCUT2D eigenvalue weighted by atomic mass is 9.95. The predicted molar refractivity (Wildman–Crippen MR) is 163 cm³/mol.